The summed E-state index contributed by atoms with van der Waals surface area (Å²) >= 11 is 0. The number of sulfonamides is 1. The van der Waals surface area contributed by atoms with Gasteiger partial charge in [-0.2, -0.15) is 4.31 Å². The maximum atomic E-state index is 12.8. The maximum Gasteiger partial charge on any atom is 0.273 e. The number of aryl methyl sites for hydroxylation is 2. The fourth-order valence-corrected chi connectivity index (χ4v) is 4.05. The van der Waals surface area contributed by atoms with Crippen molar-refractivity contribution in [3.05, 3.63) is 65.6 Å². The van der Waals surface area contributed by atoms with Crippen LogP contribution in [0.5, 0.6) is 0 Å². The third kappa shape index (κ3) is 4.47. The van der Waals surface area contributed by atoms with Gasteiger partial charge in [0.1, 0.15) is 11.5 Å². The van der Waals surface area contributed by atoms with Crippen molar-refractivity contribution >= 4 is 32.6 Å². The highest BCUT2D eigenvalue weighted by molar-refractivity contribution is 7.89. The van der Waals surface area contributed by atoms with Crippen molar-refractivity contribution in [3.8, 4) is 0 Å². The van der Waals surface area contributed by atoms with Gasteiger partial charge >= 0.3 is 0 Å². The fraction of sp³-hybridized carbons (Fsp3) is 0.200. The van der Waals surface area contributed by atoms with Crippen molar-refractivity contribution < 1.29 is 22.4 Å². The molecule has 9 heteroatoms. The SMILES string of the molecule is Cc1cc(C(=O)NNC(=O)CN(C)S(=O)(=O)c2ccc3ccccc3c2)c(C)o1. The summed E-state index contributed by atoms with van der Waals surface area (Å²) in [6, 6.07) is 13.7. The quantitative estimate of drug-likeness (QED) is 0.621. The van der Waals surface area contributed by atoms with Crippen LogP contribution in [0.4, 0.5) is 0 Å². The van der Waals surface area contributed by atoms with Crippen LogP contribution in [0.15, 0.2) is 57.8 Å². The number of likely N-dealkylation sites (N-methyl/N-ethyl adjacent to an activating group) is 1. The van der Waals surface area contributed by atoms with Crippen molar-refractivity contribution in [1.29, 1.82) is 0 Å². The lowest BCUT2D eigenvalue weighted by atomic mass is 10.1. The summed E-state index contributed by atoms with van der Waals surface area (Å²) in [7, 11) is -2.57. The van der Waals surface area contributed by atoms with Gasteiger partial charge in [0, 0.05) is 7.05 Å². The molecule has 0 fully saturated rings. The maximum absolute atomic E-state index is 12.8. The molecule has 0 aliphatic rings. The molecule has 3 rings (SSSR count). The molecule has 1 heterocycles. The van der Waals surface area contributed by atoms with E-state index in [0.717, 1.165) is 15.1 Å². The molecule has 0 aliphatic heterocycles. The van der Waals surface area contributed by atoms with Crippen LogP contribution in [0.25, 0.3) is 10.8 Å². The minimum absolute atomic E-state index is 0.0834. The largest absolute Gasteiger partial charge is 0.466 e. The molecule has 29 heavy (non-hydrogen) atoms. The minimum atomic E-state index is -3.87. The van der Waals surface area contributed by atoms with Crippen molar-refractivity contribution in [2.75, 3.05) is 13.6 Å². The highest BCUT2D eigenvalue weighted by Crippen LogP contribution is 2.21. The Morgan fingerprint density at radius 2 is 1.69 bits per heavy atom. The molecule has 0 bridgehead atoms. The Bertz CT molecular complexity index is 1180. The van der Waals surface area contributed by atoms with E-state index in [1.165, 1.54) is 13.1 Å². The first kappa shape index (κ1) is 20.6. The third-order valence-electron chi connectivity index (χ3n) is 4.40. The lowest BCUT2D eigenvalue weighted by Gasteiger charge is -2.17. The second kappa shape index (κ2) is 8.06. The Hall–Kier alpha value is -3.17. The number of hydrogen-bond acceptors (Lipinski definition) is 5. The molecule has 0 saturated heterocycles. The lowest BCUT2D eigenvalue weighted by molar-refractivity contribution is -0.121. The number of hydrazine groups is 1. The van der Waals surface area contributed by atoms with Crippen molar-refractivity contribution in [3.63, 3.8) is 0 Å². The van der Waals surface area contributed by atoms with Crippen LogP contribution in [-0.2, 0) is 14.8 Å². The van der Waals surface area contributed by atoms with E-state index in [4.69, 9.17) is 4.42 Å². The zero-order chi connectivity index (χ0) is 21.2. The van der Waals surface area contributed by atoms with Crippen molar-refractivity contribution in [2.24, 2.45) is 0 Å². The number of carbonyl (C=O) groups is 2. The van der Waals surface area contributed by atoms with E-state index in [9.17, 15) is 18.0 Å². The normalized spacial score (nSPS) is 11.6. The van der Waals surface area contributed by atoms with E-state index >= 15 is 0 Å². The van der Waals surface area contributed by atoms with Gasteiger partial charge in [0.2, 0.25) is 10.0 Å². The number of amides is 2. The predicted octanol–water partition coefficient (Wildman–Crippen LogP) is 2.13. The number of benzene rings is 2. The summed E-state index contributed by atoms with van der Waals surface area (Å²) in [6.45, 7) is 2.88. The molecule has 0 saturated carbocycles. The van der Waals surface area contributed by atoms with Crippen LogP contribution < -0.4 is 10.9 Å². The molecule has 0 aliphatic carbocycles. The zero-order valence-corrected chi connectivity index (χ0v) is 17.0. The molecule has 3 aromatic rings. The number of rotatable bonds is 5. The first-order valence-corrected chi connectivity index (χ1v) is 10.2. The van der Waals surface area contributed by atoms with Gasteiger partial charge in [-0.3, -0.25) is 20.4 Å². The number of fused-ring (bicyclic) bond motifs is 1. The van der Waals surface area contributed by atoms with Crippen LogP contribution >= 0.6 is 0 Å². The van der Waals surface area contributed by atoms with Gasteiger partial charge in [0.05, 0.1) is 17.0 Å². The third-order valence-corrected chi connectivity index (χ3v) is 6.20. The summed E-state index contributed by atoms with van der Waals surface area (Å²) < 4.78 is 31.7. The first-order valence-electron chi connectivity index (χ1n) is 8.80. The number of carbonyl (C=O) groups excluding carboxylic acids is 2. The Kier molecular flexibility index (Phi) is 5.71. The highest BCUT2D eigenvalue weighted by Gasteiger charge is 2.23. The van der Waals surface area contributed by atoms with Gasteiger partial charge in [0.15, 0.2) is 0 Å². The summed E-state index contributed by atoms with van der Waals surface area (Å²) in [5, 5.41) is 1.70. The summed E-state index contributed by atoms with van der Waals surface area (Å²) in [5.74, 6) is -0.235. The molecule has 0 spiro atoms. The van der Waals surface area contributed by atoms with E-state index < -0.39 is 28.4 Å². The molecule has 0 radical (unpaired) electrons. The summed E-state index contributed by atoms with van der Waals surface area (Å²) in [6.07, 6.45) is 0. The van der Waals surface area contributed by atoms with Crippen LogP contribution in [0.3, 0.4) is 0 Å². The summed E-state index contributed by atoms with van der Waals surface area (Å²) in [5.41, 5.74) is 4.76. The second-order valence-corrected chi connectivity index (χ2v) is 8.64. The first-order chi connectivity index (χ1) is 13.7. The topological polar surface area (TPSA) is 109 Å². The number of hydrogen-bond donors (Lipinski definition) is 2. The molecule has 2 aromatic carbocycles. The molecular formula is C20H21N3O5S. The van der Waals surface area contributed by atoms with Crippen molar-refractivity contribution in [2.45, 2.75) is 18.7 Å². The molecule has 0 atom stereocenters. The smallest absolute Gasteiger partial charge is 0.273 e. The van der Waals surface area contributed by atoms with Gasteiger partial charge < -0.3 is 4.42 Å². The molecule has 1 aromatic heterocycles. The van der Waals surface area contributed by atoms with Gasteiger partial charge in [-0.1, -0.05) is 30.3 Å². The monoisotopic (exact) mass is 415 g/mol. The lowest BCUT2D eigenvalue weighted by Crippen LogP contribution is -2.46. The van der Waals surface area contributed by atoms with Crippen LogP contribution in [0, 0.1) is 13.8 Å². The molecule has 8 nitrogen and oxygen atoms in total. The zero-order valence-electron chi connectivity index (χ0n) is 16.2. The van der Waals surface area contributed by atoms with E-state index in [2.05, 4.69) is 10.9 Å². The molecule has 2 N–H and O–H groups in total. The Balaban J connectivity index is 1.64. The Morgan fingerprint density at radius 1 is 1.00 bits per heavy atom. The molecule has 0 unspecified atom stereocenters. The number of furan rings is 1. The average Bonchev–Trinajstić information content (AvgIpc) is 3.03. The van der Waals surface area contributed by atoms with Crippen LogP contribution in [-0.4, -0.2) is 38.1 Å². The second-order valence-electron chi connectivity index (χ2n) is 6.60. The fourth-order valence-electron chi connectivity index (χ4n) is 2.88. The predicted molar refractivity (Wildman–Crippen MR) is 108 cm³/mol. The van der Waals surface area contributed by atoms with Crippen LogP contribution in [0.1, 0.15) is 21.9 Å². The number of nitrogens with one attached hydrogen (secondary N) is 2. The average molecular weight is 415 g/mol. The van der Waals surface area contributed by atoms with Crippen molar-refractivity contribution in [1.82, 2.24) is 15.2 Å². The highest BCUT2D eigenvalue weighted by atomic mass is 32.2. The minimum Gasteiger partial charge on any atom is -0.466 e. The van der Waals surface area contributed by atoms with E-state index in [1.807, 2.05) is 24.3 Å². The Labute approximate surface area is 168 Å². The van der Waals surface area contributed by atoms with Gasteiger partial charge in [-0.15, -0.1) is 0 Å². The van der Waals surface area contributed by atoms with E-state index in [-0.39, 0.29) is 4.90 Å². The Morgan fingerprint density at radius 3 is 2.34 bits per heavy atom. The standard InChI is InChI=1S/C20H21N3O5S/c1-13-10-18(14(2)28-13)20(25)22-21-19(24)12-23(3)29(26,27)17-9-8-15-6-4-5-7-16(15)11-17/h4-11H,12H2,1-3H3,(H,21,24)(H,22,25). The van der Waals surface area contributed by atoms with E-state index in [0.29, 0.717) is 17.1 Å². The molecular weight excluding hydrogens is 394 g/mol. The van der Waals surface area contributed by atoms with E-state index in [1.54, 1.807) is 32.0 Å². The molecule has 2 amide bonds. The number of nitrogens with zero attached hydrogens (tertiary/aromatic N) is 1. The van der Waals surface area contributed by atoms with Gasteiger partial charge in [-0.25, -0.2) is 8.42 Å². The molecule has 152 valence electrons. The van der Waals surface area contributed by atoms with Gasteiger partial charge in [-0.05, 0) is 42.8 Å². The van der Waals surface area contributed by atoms with Gasteiger partial charge in [0.25, 0.3) is 11.8 Å². The van der Waals surface area contributed by atoms with Crippen LogP contribution in [0.2, 0.25) is 0 Å². The summed E-state index contributed by atoms with van der Waals surface area (Å²) in [4.78, 5) is 24.3.